The Morgan fingerprint density at radius 2 is 2.39 bits per heavy atom. The monoisotopic (exact) mass is 269 g/mol. The Morgan fingerprint density at radius 3 is 3.06 bits per heavy atom. The van der Waals surface area contributed by atoms with Crippen LogP contribution in [0.15, 0.2) is 23.2 Å². The van der Waals surface area contributed by atoms with E-state index in [-0.39, 0.29) is 4.90 Å². The van der Waals surface area contributed by atoms with E-state index in [1.54, 1.807) is 18.3 Å². The first-order chi connectivity index (χ1) is 8.57. The summed E-state index contributed by atoms with van der Waals surface area (Å²) in [4.78, 5) is 4.37. The molecule has 0 aromatic carbocycles. The summed E-state index contributed by atoms with van der Waals surface area (Å²) in [6.07, 6.45) is 6.21. The number of aromatic nitrogens is 1. The van der Waals surface area contributed by atoms with Gasteiger partial charge in [0.25, 0.3) is 0 Å². The Hall–Kier alpha value is -1.14. The fourth-order valence-electron chi connectivity index (χ4n) is 2.19. The van der Waals surface area contributed by atoms with E-state index in [0.717, 1.165) is 19.5 Å². The fourth-order valence-corrected chi connectivity index (χ4v) is 2.99. The van der Waals surface area contributed by atoms with Gasteiger partial charge in [0.05, 0.1) is 0 Å². The lowest BCUT2D eigenvalue weighted by molar-refractivity contribution is 0.573. The van der Waals surface area contributed by atoms with Crippen LogP contribution in [0.3, 0.4) is 0 Å². The Bertz CT molecular complexity index is 496. The van der Waals surface area contributed by atoms with Crippen molar-refractivity contribution in [3.63, 3.8) is 0 Å². The lowest BCUT2D eigenvalue weighted by Gasteiger charge is -2.12. The summed E-state index contributed by atoms with van der Waals surface area (Å²) < 4.78 is 23.2. The van der Waals surface area contributed by atoms with Crippen LogP contribution in [0, 0.1) is 0 Å². The summed E-state index contributed by atoms with van der Waals surface area (Å²) in [5, 5.41) is 6.53. The van der Waals surface area contributed by atoms with E-state index < -0.39 is 9.84 Å². The minimum Gasteiger partial charge on any atom is -0.369 e. The molecule has 1 aliphatic heterocycles. The third-order valence-electron chi connectivity index (χ3n) is 3.12. The van der Waals surface area contributed by atoms with E-state index in [9.17, 15) is 8.42 Å². The van der Waals surface area contributed by atoms with Crippen molar-refractivity contribution in [2.45, 2.75) is 30.2 Å². The summed E-state index contributed by atoms with van der Waals surface area (Å²) in [7, 11) is -3.22. The highest BCUT2D eigenvalue weighted by atomic mass is 32.2. The largest absolute Gasteiger partial charge is 0.369 e. The number of hydrogen-bond acceptors (Lipinski definition) is 5. The van der Waals surface area contributed by atoms with Gasteiger partial charge < -0.3 is 10.6 Å². The fraction of sp³-hybridized carbons (Fsp3) is 0.583. The van der Waals surface area contributed by atoms with Crippen molar-refractivity contribution in [2.24, 2.45) is 0 Å². The maximum absolute atomic E-state index is 11.6. The standard InChI is InChI=1S/C12H19N3O2S/c1-18(16,17)11-5-3-8-14-12(11)15-9-6-10-4-2-7-13-10/h3,5,8,10,13H,2,4,6-7,9H2,1H3,(H,14,15)/t10-/m1/s1. The number of hydrogen-bond donors (Lipinski definition) is 2. The third kappa shape index (κ3) is 3.43. The molecule has 1 fully saturated rings. The Labute approximate surface area is 108 Å². The second kappa shape index (κ2) is 5.67. The molecule has 2 rings (SSSR count). The highest BCUT2D eigenvalue weighted by Gasteiger charge is 2.16. The highest BCUT2D eigenvalue weighted by Crippen LogP contribution is 2.18. The zero-order valence-electron chi connectivity index (χ0n) is 10.5. The first-order valence-corrected chi connectivity index (χ1v) is 8.09. The predicted octanol–water partition coefficient (Wildman–Crippen LogP) is 1.04. The summed E-state index contributed by atoms with van der Waals surface area (Å²) in [6, 6.07) is 3.77. The molecule has 1 saturated heterocycles. The van der Waals surface area contributed by atoms with Gasteiger partial charge in [0.2, 0.25) is 0 Å². The van der Waals surface area contributed by atoms with Crippen LogP contribution in [0.2, 0.25) is 0 Å². The quantitative estimate of drug-likeness (QED) is 0.835. The molecule has 2 N–H and O–H groups in total. The lowest BCUT2D eigenvalue weighted by Crippen LogP contribution is -2.24. The Morgan fingerprint density at radius 1 is 1.56 bits per heavy atom. The van der Waals surface area contributed by atoms with E-state index in [1.165, 1.54) is 19.1 Å². The average Bonchev–Trinajstić information content (AvgIpc) is 2.81. The van der Waals surface area contributed by atoms with Gasteiger partial charge in [0.1, 0.15) is 10.7 Å². The van der Waals surface area contributed by atoms with Gasteiger partial charge in [-0.25, -0.2) is 13.4 Å². The molecule has 2 heterocycles. The van der Waals surface area contributed by atoms with Crippen LogP contribution in [0.1, 0.15) is 19.3 Å². The van der Waals surface area contributed by atoms with Gasteiger partial charge in [0, 0.05) is 25.0 Å². The number of nitrogens with zero attached hydrogens (tertiary/aromatic N) is 1. The van der Waals surface area contributed by atoms with E-state index in [4.69, 9.17) is 0 Å². The molecule has 18 heavy (non-hydrogen) atoms. The molecule has 5 nitrogen and oxygen atoms in total. The summed E-state index contributed by atoms with van der Waals surface area (Å²) in [5.74, 6) is 0.456. The van der Waals surface area contributed by atoms with Gasteiger partial charge in [-0.15, -0.1) is 0 Å². The van der Waals surface area contributed by atoms with Crippen molar-refractivity contribution in [2.75, 3.05) is 24.7 Å². The SMILES string of the molecule is CS(=O)(=O)c1cccnc1NCC[C@H]1CCCN1. The molecule has 0 aliphatic carbocycles. The molecule has 0 amide bonds. The van der Waals surface area contributed by atoms with E-state index in [0.29, 0.717) is 11.9 Å². The van der Waals surface area contributed by atoms with Gasteiger partial charge >= 0.3 is 0 Å². The molecular weight excluding hydrogens is 250 g/mol. The number of sulfone groups is 1. The number of rotatable bonds is 5. The predicted molar refractivity (Wildman–Crippen MR) is 71.5 cm³/mol. The van der Waals surface area contributed by atoms with Crippen LogP contribution in [-0.2, 0) is 9.84 Å². The van der Waals surface area contributed by atoms with Crippen LogP contribution < -0.4 is 10.6 Å². The molecule has 1 aromatic heterocycles. The maximum Gasteiger partial charge on any atom is 0.179 e. The van der Waals surface area contributed by atoms with Crippen LogP contribution in [0.25, 0.3) is 0 Å². The van der Waals surface area contributed by atoms with Crippen molar-refractivity contribution < 1.29 is 8.42 Å². The second-order valence-corrected chi connectivity index (χ2v) is 6.62. The minimum absolute atomic E-state index is 0.268. The third-order valence-corrected chi connectivity index (χ3v) is 4.25. The average molecular weight is 269 g/mol. The van der Waals surface area contributed by atoms with Crippen LogP contribution in [0.5, 0.6) is 0 Å². The molecule has 0 saturated carbocycles. The summed E-state index contributed by atoms with van der Waals surface area (Å²) in [6.45, 7) is 1.82. The molecule has 100 valence electrons. The van der Waals surface area contributed by atoms with Crippen molar-refractivity contribution >= 4 is 15.7 Å². The van der Waals surface area contributed by atoms with Crippen LogP contribution in [-0.4, -0.2) is 38.8 Å². The van der Waals surface area contributed by atoms with Gasteiger partial charge in [-0.1, -0.05) is 0 Å². The normalized spacial score (nSPS) is 19.9. The van der Waals surface area contributed by atoms with Crippen molar-refractivity contribution in [1.82, 2.24) is 10.3 Å². The molecule has 0 spiro atoms. The molecule has 1 aromatic rings. The zero-order valence-corrected chi connectivity index (χ0v) is 11.3. The Kier molecular flexibility index (Phi) is 4.19. The van der Waals surface area contributed by atoms with Crippen molar-refractivity contribution in [3.8, 4) is 0 Å². The number of anilines is 1. The molecule has 6 heteroatoms. The summed E-state index contributed by atoms with van der Waals surface area (Å²) >= 11 is 0. The van der Waals surface area contributed by atoms with Crippen molar-refractivity contribution in [1.29, 1.82) is 0 Å². The first kappa shape index (κ1) is 13.3. The molecule has 0 bridgehead atoms. The molecular formula is C12H19N3O2S. The molecule has 0 unspecified atom stereocenters. The van der Waals surface area contributed by atoms with Gasteiger partial charge in [0.15, 0.2) is 9.84 Å². The van der Waals surface area contributed by atoms with Gasteiger partial charge in [-0.05, 0) is 37.9 Å². The Balaban J connectivity index is 1.96. The highest BCUT2D eigenvalue weighted by molar-refractivity contribution is 7.90. The lowest BCUT2D eigenvalue weighted by atomic mass is 10.1. The van der Waals surface area contributed by atoms with E-state index in [1.807, 2.05) is 0 Å². The van der Waals surface area contributed by atoms with Crippen molar-refractivity contribution in [3.05, 3.63) is 18.3 Å². The zero-order chi connectivity index (χ0) is 13.0. The van der Waals surface area contributed by atoms with E-state index in [2.05, 4.69) is 15.6 Å². The second-order valence-electron chi connectivity index (χ2n) is 4.63. The number of nitrogens with one attached hydrogen (secondary N) is 2. The first-order valence-electron chi connectivity index (χ1n) is 6.20. The number of pyridine rings is 1. The topological polar surface area (TPSA) is 71.1 Å². The molecule has 0 radical (unpaired) electrons. The van der Waals surface area contributed by atoms with Gasteiger partial charge in [-0.3, -0.25) is 0 Å². The summed E-state index contributed by atoms with van der Waals surface area (Å²) in [5.41, 5.74) is 0. The van der Waals surface area contributed by atoms with E-state index >= 15 is 0 Å². The molecule has 1 atom stereocenters. The smallest absolute Gasteiger partial charge is 0.179 e. The van der Waals surface area contributed by atoms with Crippen LogP contribution >= 0.6 is 0 Å². The minimum atomic E-state index is -3.22. The van der Waals surface area contributed by atoms with Gasteiger partial charge in [-0.2, -0.15) is 0 Å². The maximum atomic E-state index is 11.6. The molecule has 1 aliphatic rings. The van der Waals surface area contributed by atoms with Crippen LogP contribution in [0.4, 0.5) is 5.82 Å².